The number of nitriles is 1. The highest BCUT2D eigenvalue weighted by Gasteiger charge is 2.49. The van der Waals surface area contributed by atoms with Gasteiger partial charge in [0.05, 0.1) is 29.9 Å². The zero-order valence-corrected chi connectivity index (χ0v) is 23.8. The number of amides is 1. The van der Waals surface area contributed by atoms with Gasteiger partial charge in [-0.25, -0.2) is 15.0 Å². The summed E-state index contributed by atoms with van der Waals surface area (Å²) in [6, 6.07) is 6.87. The number of hydrogen-bond donors (Lipinski definition) is 1. The van der Waals surface area contributed by atoms with E-state index >= 15 is 0 Å². The summed E-state index contributed by atoms with van der Waals surface area (Å²) in [6.45, 7) is 2.48. The van der Waals surface area contributed by atoms with E-state index in [-0.39, 0.29) is 11.7 Å². The Morgan fingerprint density at radius 1 is 1.14 bits per heavy atom. The van der Waals surface area contributed by atoms with Crippen LogP contribution in [-0.4, -0.2) is 89.9 Å². The van der Waals surface area contributed by atoms with Crippen molar-refractivity contribution < 1.29 is 18.0 Å². The van der Waals surface area contributed by atoms with Gasteiger partial charge in [-0.3, -0.25) is 19.4 Å². The van der Waals surface area contributed by atoms with Gasteiger partial charge >= 0.3 is 6.18 Å². The van der Waals surface area contributed by atoms with Crippen LogP contribution in [0, 0.1) is 11.3 Å². The highest BCUT2D eigenvalue weighted by molar-refractivity contribution is 6.03. The third-order valence-corrected chi connectivity index (χ3v) is 9.00. The first kappa shape index (κ1) is 28.1. The highest BCUT2D eigenvalue weighted by atomic mass is 19.4. The molecule has 2 fully saturated rings. The lowest BCUT2D eigenvalue weighted by Gasteiger charge is -2.52. The molecule has 1 amide bonds. The molecule has 6 heterocycles. The zero-order chi connectivity index (χ0) is 30.5. The van der Waals surface area contributed by atoms with Gasteiger partial charge in [0.15, 0.2) is 0 Å². The minimum Gasteiger partial charge on any atom is -0.346 e. The van der Waals surface area contributed by atoms with Crippen LogP contribution >= 0.6 is 0 Å². The van der Waals surface area contributed by atoms with E-state index in [0.29, 0.717) is 56.8 Å². The molecule has 1 aliphatic carbocycles. The highest BCUT2D eigenvalue weighted by Crippen LogP contribution is 2.45. The van der Waals surface area contributed by atoms with Gasteiger partial charge in [0.25, 0.3) is 5.91 Å². The average molecular weight is 603 g/mol. The standard InChI is InChI=1S/C30H29F3N10O/c31-30(32,33)25-13-19(23-2-1-6-35-23)12-24(40-25)28(44)42-10-8-41(9-11-42)21-14-29(15-21,4-5-34)43-17-20(16-39-43)26-22-3-7-36-27(22)38-18-37-26/h3,7,12-13,16-18,21H,1-2,4,6,8-11,14-15H2,(H,36,37,38). The monoisotopic (exact) mass is 602 g/mol. The van der Waals surface area contributed by atoms with Crippen molar-refractivity contribution in [2.24, 2.45) is 4.99 Å². The first-order valence-electron chi connectivity index (χ1n) is 14.6. The fourth-order valence-corrected chi connectivity index (χ4v) is 6.62. The summed E-state index contributed by atoms with van der Waals surface area (Å²) >= 11 is 0. The predicted octanol–water partition coefficient (Wildman–Crippen LogP) is 4.05. The smallest absolute Gasteiger partial charge is 0.346 e. The van der Waals surface area contributed by atoms with Crippen LogP contribution in [0.2, 0.25) is 0 Å². The second-order valence-corrected chi connectivity index (χ2v) is 11.6. The fourth-order valence-electron chi connectivity index (χ4n) is 6.62. The van der Waals surface area contributed by atoms with Gasteiger partial charge in [-0.15, -0.1) is 0 Å². The zero-order valence-electron chi connectivity index (χ0n) is 23.8. The molecule has 3 aliphatic rings. The number of alkyl halides is 3. The van der Waals surface area contributed by atoms with Crippen molar-refractivity contribution in [2.75, 3.05) is 32.7 Å². The molecule has 4 aromatic heterocycles. The van der Waals surface area contributed by atoms with Crippen molar-refractivity contribution in [1.82, 2.24) is 39.5 Å². The van der Waals surface area contributed by atoms with E-state index < -0.39 is 23.3 Å². The summed E-state index contributed by atoms with van der Waals surface area (Å²) in [5, 5.41) is 15.2. The number of carbonyl (C=O) groups is 1. The molecule has 7 rings (SSSR count). The number of aromatic amines is 1. The van der Waals surface area contributed by atoms with Crippen LogP contribution in [0.15, 0.2) is 48.1 Å². The molecule has 226 valence electrons. The summed E-state index contributed by atoms with van der Waals surface area (Å²) < 4.78 is 42.8. The maximum atomic E-state index is 13.6. The minimum absolute atomic E-state index is 0.197. The number of nitrogens with one attached hydrogen (secondary N) is 1. The summed E-state index contributed by atoms with van der Waals surface area (Å²) in [5.41, 5.74) is 1.52. The van der Waals surface area contributed by atoms with Crippen LogP contribution in [-0.2, 0) is 11.7 Å². The summed E-state index contributed by atoms with van der Waals surface area (Å²) in [6.07, 6.45) is 5.47. The van der Waals surface area contributed by atoms with Gasteiger partial charge in [0, 0.05) is 67.8 Å². The fraction of sp³-hybridized carbons (Fsp3) is 0.433. The molecule has 0 spiro atoms. The number of nitrogens with zero attached hydrogens (tertiary/aromatic N) is 9. The largest absolute Gasteiger partial charge is 0.433 e. The number of rotatable bonds is 6. The molecule has 1 N–H and O–H groups in total. The molecule has 0 radical (unpaired) electrons. The van der Waals surface area contributed by atoms with Gasteiger partial charge in [0.2, 0.25) is 0 Å². The van der Waals surface area contributed by atoms with Crippen LogP contribution in [0.3, 0.4) is 0 Å². The Bertz CT molecular complexity index is 1790. The molecule has 0 unspecified atom stereocenters. The number of aromatic nitrogens is 6. The number of hydrogen-bond acceptors (Lipinski definition) is 8. The quantitative estimate of drug-likeness (QED) is 0.352. The third kappa shape index (κ3) is 5.00. The van der Waals surface area contributed by atoms with Crippen LogP contribution in [0.1, 0.15) is 53.8 Å². The number of halogens is 3. The van der Waals surface area contributed by atoms with Crippen LogP contribution in [0.25, 0.3) is 22.3 Å². The van der Waals surface area contributed by atoms with Gasteiger partial charge in [0.1, 0.15) is 23.4 Å². The normalized spacial score (nSPS) is 22.5. The molecule has 2 aliphatic heterocycles. The van der Waals surface area contributed by atoms with E-state index in [0.717, 1.165) is 47.6 Å². The Kier molecular flexibility index (Phi) is 6.92. The Labute approximate surface area is 250 Å². The lowest BCUT2D eigenvalue weighted by Crippen LogP contribution is -2.60. The Morgan fingerprint density at radius 3 is 2.68 bits per heavy atom. The predicted molar refractivity (Wildman–Crippen MR) is 154 cm³/mol. The first-order valence-corrected chi connectivity index (χ1v) is 14.6. The van der Waals surface area contributed by atoms with Crippen LogP contribution in [0.4, 0.5) is 13.2 Å². The van der Waals surface area contributed by atoms with Gasteiger partial charge in [-0.05, 0) is 49.4 Å². The SMILES string of the molecule is N#CCC1(n2cc(-c3ncnc4[nH]ccc34)cn2)CC(N2CCN(C(=O)c3cc(C4=NCCC4)cc(C(F)(F)F)n3)CC2)C1. The first-order chi connectivity index (χ1) is 21.2. The molecular formula is C30H29F3N10O. The molecule has 1 saturated heterocycles. The number of pyridine rings is 1. The topological polar surface area (TPSA) is 132 Å². The van der Waals surface area contributed by atoms with E-state index in [1.165, 1.54) is 12.4 Å². The van der Waals surface area contributed by atoms with E-state index in [1.54, 1.807) is 11.1 Å². The maximum absolute atomic E-state index is 13.6. The third-order valence-electron chi connectivity index (χ3n) is 9.00. The van der Waals surface area contributed by atoms with Crippen molar-refractivity contribution in [2.45, 2.75) is 49.9 Å². The van der Waals surface area contributed by atoms with E-state index in [4.69, 9.17) is 0 Å². The van der Waals surface area contributed by atoms with E-state index in [9.17, 15) is 23.2 Å². The van der Waals surface area contributed by atoms with Gasteiger partial charge in [-0.1, -0.05) is 0 Å². The van der Waals surface area contributed by atoms with E-state index in [1.807, 2.05) is 23.1 Å². The summed E-state index contributed by atoms with van der Waals surface area (Å²) in [7, 11) is 0. The van der Waals surface area contributed by atoms with Gasteiger partial charge < -0.3 is 9.88 Å². The van der Waals surface area contributed by atoms with Crippen molar-refractivity contribution in [3.63, 3.8) is 0 Å². The molecule has 4 aromatic rings. The second kappa shape index (κ2) is 10.8. The summed E-state index contributed by atoms with van der Waals surface area (Å²) in [4.78, 5) is 37.0. The Balaban J connectivity index is 1.02. The second-order valence-electron chi connectivity index (χ2n) is 11.6. The molecular weight excluding hydrogens is 573 g/mol. The van der Waals surface area contributed by atoms with Crippen molar-refractivity contribution >= 4 is 22.7 Å². The number of fused-ring (bicyclic) bond motifs is 1. The molecule has 0 atom stereocenters. The number of carbonyl (C=O) groups excluding carboxylic acids is 1. The molecule has 11 nitrogen and oxygen atoms in total. The molecule has 1 saturated carbocycles. The summed E-state index contributed by atoms with van der Waals surface area (Å²) in [5.74, 6) is -0.506. The number of H-pyrrole nitrogens is 1. The molecule has 14 heteroatoms. The molecule has 0 aromatic carbocycles. The van der Waals surface area contributed by atoms with E-state index in [2.05, 4.69) is 41.0 Å². The lowest BCUT2D eigenvalue weighted by atomic mass is 9.70. The molecule has 0 bridgehead atoms. The van der Waals surface area contributed by atoms with Crippen LogP contribution in [0.5, 0.6) is 0 Å². The Hall–Kier alpha value is -4.64. The number of piperazine rings is 1. The Morgan fingerprint density at radius 2 is 1.95 bits per heavy atom. The van der Waals surface area contributed by atoms with Crippen molar-refractivity contribution in [1.29, 1.82) is 5.26 Å². The lowest BCUT2D eigenvalue weighted by molar-refractivity contribution is -0.141. The van der Waals surface area contributed by atoms with Crippen molar-refractivity contribution in [3.8, 4) is 17.3 Å². The molecule has 44 heavy (non-hydrogen) atoms. The van der Waals surface area contributed by atoms with Crippen LogP contribution < -0.4 is 0 Å². The maximum Gasteiger partial charge on any atom is 0.433 e. The van der Waals surface area contributed by atoms with Gasteiger partial charge in [-0.2, -0.15) is 23.5 Å². The number of aliphatic imine (C=N–C) groups is 1. The average Bonchev–Trinajstić information content (AvgIpc) is 3.80. The minimum atomic E-state index is -4.67. The van der Waals surface area contributed by atoms with Crippen molar-refractivity contribution in [3.05, 3.63) is 60.1 Å².